The van der Waals surface area contributed by atoms with E-state index in [-0.39, 0.29) is 11.9 Å². The van der Waals surface area contributed by atoms with E-state index in [4.69, 9.17) is 0 Å². The van der Waals surface area contributed by atoms with Gasteiger partial charge >= 0.3 is 0 Å². The second kappa shape index (κ2) is 7.41. The van der Waals surface area contributed by atoms with Crippen LogP contribution in [0.3, 0.4) is 0 Å². The molecule has 0 saturated carbocycles. The molecule has 6 nitrogen and oxygen atoms in total. The van der Waals surface area contributed by atoms with Crippen molar-refractivity contribution in [2.75, 3.05) is 42.5 Å². The fraction of sp³-hybridized carbons (Fsp3) is 0.450. The molecule has 1 saturated heterocycles. The molecule has 6 heteroatoms. The van der Waals surface area contributed by atoms with E-state index in [1.165, 1.54) is 5.56 Å². The van der Waals surface area contributed by atoms with Gasteiger partial charge in [-0.15, -0.1) is 0 Å². The molecule has 2 aromatic rings. The molecule has 0 unspecified atom stereocenters. The van der Waals surface area contributed by atoms with Crippen LogP contribution in [-0.2, 0) is 11.2 Å². The van der Waals surface area contributed by atoms with Gasteiger partial charge in [0.2, 0.25) is 5.91 Å². The van der Waals surface area contributed by atoms with Crippen LogP contribution in [0.15, 0.2) is 42.9 Å². The van der Waals surface area contributed by atoms with Gasteiger partial charge in [-0.2, -0.15) is 0 Å². The highest BCUT2D eigenvalue weighted by Gasteiger charge is 2.31. The first-order valence-electron chi connectivity index (χ1n) is 9.38. The van der Waals surface area contributed by atoms with Gasteiger partial charge in [-0.25, -0.2) is 4.98 Å². The molecular weight excluding hydrogens is 326 g/mol. The summed E-state index contributed by atoms with van der Waals surface area (Å²) in [6, 6.07) is 8.19. The minimum absolute atomic E-state index is 0.106. The number of aromatic nitrogens is 2. The van der Waals surface area contributed by atoms with E-state index in [1.807, 2.05) is 17.9 Å². The monoisotopic (exact) mass is 351 g/mol. The van der Waals surface area contributed by atoms with Gasteiger partial charge in [0, 0.05) is 50.8 Å². The molecular formula is C20H25N5O. The molecule has 4 rings (SSSR count). The first kappa shape index (κ1) is 17.0. The lowest BCUT2D eigenvalue weighted by Crippen LogP contribution is -2.55. The smallest absolute Gasteiger partial charge is 0.244 e. The lowest BCUT2D eigenvalue weighted by molar-refractivity contribution is -0.123. The highest BCUT2D eigenvalue weighted by atomic mass is 16.2. The van der Waals surface area contributed by atoms with Crippen LogP contribution in [0.2, 0.25) is 0 Å². The Morgan fingerprint density at radius 1 is 1.08 bits per heavy atom. The highest BCUT2D eigenvalue weighted by molar-refractivity contribution is 5.98. The summed E-state index contributed by atoms with van der Waals surface area (Å²) in [6.45, 7) is 6.31. The molecule has 2 aliphatic rings. The third-order valence-electron chi connectivity index (χ3n) is 5.47. The van der Waals surface area contributed by atoms with Crippen molar-refractivity contribution in [1.29, 1.82) is 0 Å². The molecule has 1 aromatic carbocycles. The fourth-order valence-electron chi connectivity index (χ4n) is 3.94. The van der Waals surface area contributed by atoms with Crippen LogP contribution in [0.25, 0.3) is 0 Å². The molecule has 1 aromatic heterocycles. The van der Waals surface area contributed by atoms with Gasteiger partial charge in [0.25, 0.3) is 0 Å². The fourth-order valence-corrected chi connectivity index (χ4v) is 3.94. The Morgan fingerprint density at radius 3 is 2.65 bits per heavy atom. The van der Waals surface area contributed by atoms with Crippen LogP contribution in [0, 0.1) is 0 Å². The molecule has 0 N–H and O–H groups in total. The average Bonchev–Trinajstić information content (AvgIpc) is 2.73. The first-order chi connectivity index (χ1) is 12.7. The van der Waals surface area contributed by atoms with Gasteiger partial charge in [0.05, 0.1) is 12.2 Å². The summed E-state index contributed by atoms with van der Waals surface area (Å²) in [5.41, 5.74) is 2.38. The Balaban J connectivity index is 1.41. The molecule has 1 atom stereocenters. The molecule has 3 heterocycles. The van der Waals surface area contributed by atoms with Gasteiger partial charge in [-0.3, -0.25) is 14.7 Å². The van der Waals surface area contributed by atoms with E-state index in [1.54, 1.807) is 18.6 Å². The minimum atomic E-state index is -0.106. The number of nitrogens with zero attached hydrogens (tertiary/aromatic N) is 5. The van der Waals surface area contributed by atoms with Gasteiger partial charge in [-0.1, -0.05) is 18.2 Å². The molecule has 0 aliphatic carbocycles. The van der Waals surface area contributed by atoms with E-state index in [0.717, 1.165) is 57.1 Å². The number of fused-ring (bicyclic) bond motifs is 1. The molecule has 26 heavy (non-hydrogen) atoms. The molecule has 0 bridgehead atoms. The van der Waals surface area contributed by atoms with Crippen LogP contribution < -0.4 is 9.80 Å². The van der Waals surface area contributed by atoms with Crippen molar-refractivity contribution >= 4 is 17.4 Å². The standard InChI is InChI=1S/C20H25N5O/c1-16(20(26)25-10-4-6-17-5-2-3-7-18(17)25)23-11-13-24(14-12-23)19-15-21-8-9-22-19/h2-3,5,7-9,15-16H,4,6,10-14H2,1H3/t16-/m0/s1. The summed E-state index contributed by atoms with van der Waals surface area (Å²) >= 11 is 0. The van der Waals surface area contributed by atoms with E-state index >= 15 is 0 Å². The number of piperazine rings is 1. The Hall–Kier alpha value is -2.47. The number of carbonyl (C=O) groups is 1. The van der Waals surface area contributed by atoms with E-state index in [9.17, 15) is 4.79 Å². The maximum absolute atomic E-state index is 13.2. The molecule has 0 radical (unpaired) electrons. The van der Waals surface area contributed by atoms with Crippen molar-refractivity contribution in [2.45, 2.75) is 25.8 Å². The maximum Gasteiger partial charge on any atom is 0.244 e. The van der Waals surface area contributed by atoms with Gasteiger partial charge in [0.1, 0.15) is 5.82 Å². The lowest BCUT2D eigenvalue weighted by atomic mass is 10.0. The predicted octanol–water partition coefficient (Wildman–Crippen LogP) is 1.97. The predicted molar refractivity (Wildman–Crippen MR) is 102 cm³/mol. The van der Waals surface area contributed by atoms with E-state index in [2.05, 4.69) is 38.0 Å². The van der Waals surface area contributed by atoms with Crippen LogP contribution in [-0.4, -0.2) is 59.5 Å². The second-order valence-corrected chi connectivity index (χ2v) is 6.98. The molecule has 2 aliphatic heterocycles. The Kier molecular flexibility index (Phi) is 4.84. The van der Waals surface area contributed by atoms with Gasteiger partial charge in [0.15, 0.2) is 0 Å². The zero-order valence-corrected chi connectivity index (χ0v) is 15.2. The molecule has 1 fully saturated rings. The van der Waals surface area contributed by atoms with Crippen molar-refractivity contribution < 1.29 is 4.79 Å². The number of hydrogen-bond donors (Lipinski definition) is 0. The number of anilines is 2. The lowest BCUT2D eigenvalue weighted by Gasteiger charge is -2.40. The number of rotatable bonds is 3. The third kappa shape index (κ3) is 3.29. The second-order valence-electron chi connectivity index (χ2n) is 6.98. The summed E-state index contributed by atoms with van der Waals surface area (Å²) in [4.78, 5) is 28.2. The van der Waals surface area contributed by atoms with Crippen molar-refractivity contribution in [3.05, 3.63) is 48.4 Å². The summed E-state index contributed by atoms with van der Waals surface area (Å²) in [5.74, 6) is 1.13. The topological polar surface area (TPSA) is 52.6 Å². The van der Waals surface area contributed by atoms with Crippen LogP contribution in [0.1, 0.15) is 18.9 Å². The summed E-state index contributed by atoms with van der Waals surface area (Å²) in [7, 11) is 0. The molecule has 1 amide bonds. The minimum Gasteiger partial charge on any atom is -0.353 e. The SMILES string of the molecule is C[C@@H](C(=O)N1CCCc2ccccc21)N1CCN(c2cnccn2)CC1. The summed E-state index contributed by atoms with van der Waals surface area (Å²) in [5, 5.41) is 0. The number of hydrogen-bond acceptors (Lipinski definition) is 5. The number of aryl methyl sites for hydroxylation is 1. The number of para-hydroxylation sites is 1. The number of benzene rings is 1. The Morgan fingerprint density at radius 2 is 1.88 bits per heavy atom. The first-order valence-corrected chi connectivity index (χ1v) is 9.38. The molecule has 136 valence electrons. The zero-order chi connectivity index (χ0) is 17.9. The van der Waals surface area contributed by atoms with Crippen molar-refractivity contribution in [3.63, 3.8) is 0 Å². The van der Waals surface area contributed by atoms with Crippen LogP contribution >= 0.6 is 0 Å². The largest absolute Gasteiger partial charge is 0.353 e. The summed E-state index contributed by atoms with van der Waals surface area (Å²) in [6.07, 6.45) is 7.31. The number of amides is 1. The van der Waals surface area contributed by atoms with Crippen LogP contribution in [0.5, 0.6) is 0 Å². The van der Waals surface area contributed by atoms with Gasteiger partial charge < -0.3 is 9.80 Å². The molecule has 0 spiro atoms. The van der Waals surface area contributed by atoms with Crippen molar-refractivity contribution in [3.8, 4) is 0 Å². The van der Waals surface area contributed by atoms with Crippen molar-refractivity contribution in [1.82, 2.24) is 14.9 Å². The Labute approximate surface area is 154 Å². The summed E-state index contributed by atoms with van der Waals surface area (Å²) < 4.78 is 0. The number of carbonyl (C=O) groups excluding carboxylic acids is 1. The Bertz CT molecular complexity index is 758. The highest BCUT2D eigenvalue weighted by Crippen LogP contribution is 2.28. The quantitative estimate of drug-likeness (QED) is 0.846. The average molecular weight is 351 g/mol. The third-order valence-corrected chi connectivity index (χ3v) is 5.47. The van der Waals surface area contributed by atoms with Gasteiger partial charge in [-0.05, 0) is 31.4 Å². The normalized spacial score (nSPS) is 19.1. The van der Waals surface area contributed by atoms with Crippen molar-refractivity contribution in [2.24, 2.45) is 0 Å². The van der Waals surface area contributed by atoms with E-state index in [0.29, 0.717) is 0 Å². The maximum atomic E-state index is 13.2. The zero-order valence-electron chi connectivity index (χ0n) is 15.2. The van der Waals surface area contributed by atoms with Crippen LogP contribution in [0.4, 0.5) is 11.5 Å². The van der Waals surface area contributed by atoms with E-state index < -0.39 is 0 Å².